The Morgan fingerprint density at radius 3 is 2.68 bits per heavy atom. The van der Waals surface area contributed by atoms with E-state index >= 15 is 0 Å². The molecule has 0 bridgehead atoms. The van der Waals surface area contributed by atoms with Crippen LogP contribution in [-0.2, 0) is 0 Å². The van der Waals surface area contributed by atoms with Crippen molar-refractivity contribution in [2.45, 2.75) is 26.1 Å². The van der Waals surface area contributed by atoms with E-state index in [-0.39, 0.29) is 6.10 Å². The monoisotopic (exact) mass is 276 g/mol. The fraction of sp³-hybridized carbons (Fsp3) is 0.333. The molecule has 0 amide bonds. The lowest BCUT2D eigenvalue weighted by Gasteiger charge is -2.29. The van der Waals surface area contributed by atoms with Gasteiger partial charge in [-0.1, -0.05) is 12.1 Å². The van der Waals surface area contributed by atoms with Crippen molar-refractivity contribution in [3.05, 3.63) is 45.6 Å². The average molecular weight is 276 g/mol. The van der Waals surface area contributed by atoms with Gasteiger partial charge in [-0.05, 0) is 37.6 Å². The van der Waals surface area contributed by atoms with Gasteiger partial charge < -0.3 is 14.6 Å². The third-order valence-corrected chi connectivity index (χ3v) is 4.26. The molecule has 2 heterocycles. The molecule has 2 unspecified atom stereocenters. The Morgan fingerprint density at radius 1 is 1.26 bits per heavy atom. The lowest BCUT2D eigenvalue weighted by atomic mass is 10.0. The Balaban J connectivity index is 1.83. The zero-order valence-electron chi connectivity index (χ0n) is 10.9. The number of rotatable bonds is 2. The van der Waals surface area contributed by atoms with Crippen LogP contribution in [0.15, 0.2) is 30.3 Å². The standard InChI is InChI=1S/C15H16O3S/c1-9-7-11(10(2)19-9)15(16)14-8-17-12-5-3-4-6-13(12)18-14/h3-7,14-16H,8H2,1-2H3. The number of aryl methyl sites for hydroxylation is 2. The second-order valence-electron chi connectivity index (χ2n) is 4.73. The van der Waals surface area contributed by atoms with Gasteiger partial charge in [-0.25, -0.2) is 0 Å². The molecule has 100 valence electrons. The molecule has 19 heavy (non-hydrogen) atoms. The minimum Gasteiger partial charge on any atom is -0.486 e. The van der Waals surface area contributed by atoms with Crippen LogP contribution in [0.1, 0.15) is 21.4 Å². The highest BCUT2D eigenvalue weighted by molar-refractivity contribution is 7.12. The third-order valence-electron chi connectivity index (χ3n) is 3.28. The highest BCUT2D eigenvalue weighted by atomic mass is 32.1. The molecule has 0 aliphatic carbocycles. The molecule has 1 aromatic carbocycles. The molecule has 3 rings (SSSR count). The predicted molar refractivity (Wildman–Crippen MR) is 75.1 cm³/mol. The molecule has 0 saturated heterocycles. The number of para-hydroxylation sites is 2. The van der Waals surface area contributed by atoms with E-state index in [0.717, 1.165) is 16.2 Å². The molecular formula is C15H16O3S. The Labute approximate surface area is 116 Å². The maximum Gasteiger partial charge on any atom is 0.163 e. The first-order valence-electron chi connectivity index (χ1n) is 6.28. The predicted octanol–water partition coefficient (Wildman–Crippen LogP) is 3.24. The van der Waals surface area contributed by atoms with Crippen LogP contribution in [0.2, 0.25) is 0 Å². The van der Waals surface area contributed by atoms with E-state index in [1.807, 2.05) is 44.2 Å². The molecule has 2 aromatic rings. The van der Waals surface area contributed by atoms with E-state index in [1.165, 1.54) is 4.88 Å². The molecular weight excluding hydrogens is 260 g/mol. The van der Waals surface area contributed by atoms with E-state index in [1.54, 1.807) is 11.3 Å². The van der Waals surface area contributed by atoms with Crippen LogP contribution in [0.3, 0.4) is 0 Å². The number of hydrogen-bond donors (Lipinski definition) is 1. The number of thiophene rings is 1. The molecule has 0 saturated carbocycles. The number of ether oxygens (including phenoxy) is 2. The fourth-order valence-corrected chi connectivity index (χ4v) is 3.30. The summed E-state index contributed by atoms with van der Waals surface area (Å²) in [5.74, 6) is 1.44. The van der Waals surface area contributed by atoms with Gasteiger partial charge in [-0.15, -0.1) is 11.3 Å². The molecule has 0 spiro atoms. The quantitative estimate of drug-likeness (QED) is 0.915. The Hall–Kier alpha value is -1.52. The second kappa shape index (κ2) is 4.87. The molecule has 2 atom stereocenters. The van der Waals surface area contributed by atoms with Crippen LogP contribution < -0.4 is 9.47 Å². The maximum absolute atomic E-state index is 10.5. The lowest BCUT2D eigenvalue weighted by Crippen LogP contribution is -2.34. The van der Waals surface area contributed by atoms with Crippen LogP contribution in [0.25, 0.3) is 0 Å². The van der Waals surface area contributed by atoms with Gasteiger partial charge in [-0.3, -0.25) is 0 Å². The minimum atomic E-state index is -0.654. The number of aliphatic hydroxyl groups is 1. The summed E-state index contributed by atoms with van der Waals surface area (Å²) in [6.07, 6.45) is -1.01. The van der Waals surface area contributed by atoms with E-state index < -0.39 is 6.10 Å². The number of aliphatic hydroxyl groups excluding tert-OH is 1. The maximum atomic E-state index is 10.5. The van der Waals surface area contributed by atoms with Gasteiger partial charge in [0.15, 0.2) is 17.6 Å². The van der Waals surface area contributed by atoms with Crippen molar-refractivity contribution in [2.75, 3.05) is 6.61 Å². The molecule has 0 radical (unpaired) electrons. The van der Waals surface area contributed by atoms with Crippen molar-refractivity contribution < 1.29 is 14.6 Å². The highest BCUT2D eigenvalue weighted by Crippen LogP contribution is 2.36. The Bertz CT molecular complexity index is 591. The summed E-state index contributed by atoms with van der Waals surface area (Å²) in [7, 11) is 0. The summed E-state index contributed by atoms with van der Waals surface area (Å²) in [6.45, 7) is 4.43. The normalized spacial score (nSPS) is 19.2. The van der Waals surface area contributed by atoms with Crippen molar-refractivity contribution in [3.8, 4) is 11.5 Å². The van der Waals surface area contributed by atoms with Gasteiger partial charge in [0.05, 0.1) is 0 Å². The van der Waals surface area contributed by atoms with Gasteiger partial charge in [0.1, 0.15) is 12.7 Å². The van der Waals surface area contributed by atoms with Crippen LogP contribution >= 0.6 is 11.3 Å². The number of fused-ring (bicyclic) bond motifs is 1. The van der Waals surface area contributed by atoms with E-state index in [4.69, 9.17) is 9.47 Å². The van der Waals surface area contributed by atoms with E-state index in [9.17, 15) is 5.11 Å². The first kappa shape index (κ1) is 12.5. The zero-order chi connectivity index (χ0) is 13.4. The summed E-state index contributed by atoms with van der Waals surface area (Å²) in [5, 5.41) is 10.5. The number of benzene rings is 1. The summed E-state index contributed by atoms with van der Waals surface area (Å²) in [5.41, 5.74) is 0.940. The third kappa shape index (κ3) is 2.33. The first-order chi connectivity index (χ1) is 9.15. The number of hydrogen-bond acceptors (Lipinski definition) is 4. The smallest absolute Gasteiger partial charge is 0.163 e. The van der Waals surface area contributed by atoms with Gasteiger partial charge in [0, 0.05) is 9.75 Å². The summed E-state index contributed by atoms with van der Waals surface area (Å²) < 4.78 is 11.5. The summed E-state index contributed by atoms with van der Waals surface area (Å²) >= 11 is 1.69. The van der Waals surface area contributed by atoms with Crippen molar-refractivity contribution >= 4 is 11.3 Å². The summed E-state index contributed by atoms with van der Waals surface area (Å²) in [6, 6.07) is 9.56. The Kier molecular flexibility index (Phi) is 3.21. The zero-order valence-corrected chi connectivity index (χ0v) is 11.7. The van der Waals surface area contributed by atoms with E-state index in [0.29, 0.717) is 12.4 Å². The van der Waals surface area contributed by atoms with Crippen molar-refractivity contribution in [1.82, 2.24) is 0 Å². The SMILES string of the molecule is Cc1cc(C(O)C2COc3ccccc3O2)c(C)s1. The molecule has 1 N–H and O–H groups in total. The van der Waals surface area contributed by atoms with Gasteiger partial charge in [0.25, 0.3) is 0 Å². The molecule has 1 aromatic heterocycles. The minimum absolute atomic E-state index is 0.359. The topological polar surface area (TPSA) is 38.7 Å². The van der Waals surface area contributed by atoms with Crippen LogP contribution in [0, 0.1) is 13.8 Å². The van der Waals surface area contributed by atoms with Crippen LogP contribution in [-0.4, -0.2) is 17.8 Å². The lowest BCUT2D eigenvalue weighted by molar-refractivity contribution is -0.0113. The van der Waals surface area contributed by atoms with Gasteiger partial charge in [-0.2, -0.15) is 0 Å². The van der Waals surface area contributed by atoms with Gasteiger partial charge in [0.2, 0.25) is 0 Å². The van der Waals surface area contributed by atoms with Crippen molar-refractivity contribution in [1.29, 1.82) is 0 Å². The Morgan fingerprint density at radius 2 is 2.00 bits per heavy atom. The largest absolute Gasteiger partial charge is 0.486 e. The van der Waals surface area contributed by atoms with E-state index in [2.05, 4.69) is 0 Å². The summed E-state index contributed by atoms with van der Waals surface area (Å²) in [4.78, 5) is 2.33. The molecule has 0 fully saturated rings. The fourth-order valence-electron chi connectivity index (χ4n) is 2.34. The molecule has 1 aliphatic heterocycles. The van der Waals surface area contributed by atoms with Crippen molar-refractivity contribution in [3.63, 3.8) is 0 Å². The highest BCUT2D eigenvalue weighted by Gasteiger charge is 2.30. The molecule has 1 aliphatic rings. The first-order valence-corrected chi connectivity index (χ1v) is 7.10. The molecule has 4 heteroatoms. The van der Waals surface area contributed by atoms with Crippen molar-refractivity contribution in [2.24, 2.45) is 0 Å². The van der Waals surface area contributed by atoms with Gasteiger partial charge >= 0.3 is 0 Å². The van der Waals surface area contributed by atoms with Crippen LogP contribution in [0.5, 0.6) is 11.5 Å². The van der Waals surface area contributed by atoms with Crippen LogP contribution in [0.4, 0.5) is 0 Å². The molecule has 3 nitrogen and oxygen atoms in total. The second-order valence-corrected chi connectivity index (χ2v) is 6.19. The average Bonchev–Trinajstić information content (AvgIpc) is 2.76.